The summed E-state index contributed by atoms with van der Waals surface area (Å²) in [5, 5.41) is 0. The Kier molecular flexibility index (Phi) is 4.09. The molecule has 3 nitrogen and oxygen atoms in total. The first-order valence-corrected chi connectivity index (χ1v) is 10.2. The molecular weight excluding hydrogens is 349 g/mol. The lowest BCUT2D eigenvalue weighted by Gasteiger charge is -2.41. The molecule has 0 radical (unpaired) electrons. The van der Waals surface area contributed by atoms with E-state index in [1.807, 2.05) is 24.3 Å². The van der Waals surface area contributed by atoms with Gasteiger partial charge in [-0.3, -0.25) is 0 Å². The zero-order chi connectivity index (χ0) is 17.6. The van der Waals surface area contributed by atoms with Crippen LogP contribution >= 0.6 is 11.8 Å². The molecule has 0 N–H and O–H groups in total. The van der Waals surface area contributed by atoms with E-state index in [2.05, 4.69) is 11.0 Å². The van der Waals surface area contributed by atoms with Crippen LogP contribution in [-0.4, -0.2) is 37.1 Å². The Morgan fingerprint density at radius 2 is 2.08 bits per heavy atom. The first kappa shape index (κ1) is 16.5. The Bertz CT molecular complexity index is 812. The molecule has 3 unspecified atom stereocenters. The number of nitrogens with zero attached hydrogens (tertiary/aromatic N) is 1. The Morgan fingerprint density at radius 3 is 2.96 bits per heavy atom. The van der Waals surface area contributed by atoms with Crippen molar-refractivity contribution in [3.8, 4) is 11.5 Å². The zero-order valence-electron chi connectivity index (χ0n) is 14.6. The van der Waals surface area contributed by atoms with E-state index in [1.165, 1.54) is 5.56 Å². The highest BCUT2D eigenvalue weighted by atomic mass is 32.2. The Balaban J connectivity index is 1.38. The van der Waals surface area contributed by atoms with Gasteiger partial charge < -0.3 is 14.4 Å². The van der Waals surface area contributed by atoms with Crippen molar-refractivity contribution in [1.29, 1.82) is 0 Å². The van der Waals surface area contributed by atoms with Gasteiger partial charge in [0.05, 0.1) is 11.5 Å². The smallest absolute Gasteiger partial charge is 0.138 e. The molecule has 3 heterocycles. The first-order valence-electron chi connectivity index (χ1n) is 9.22. The van der Waals surface area contributed by atoms with Crippen LogP contribution in [0.3, 0.4) is 0 Å². The van der Waals surface area contributed by atoms with E-state index in [0.717, 1.165) is 48.9 Å². The summed E-state index contributed by atoms with van der Waals surface area (Å²) in [5.74, 6) is 2.81. The second kappa shape index (κ2) is 6.46. The average Bonchev–Trinajstić information content (AvgIpc) is 3.26. The van der Waals surface area contributed by atoms with Gasteiger partial charge in [0.2, 0.25) is 0 Å². The topological polar surface area (TPSA) is 21.7 Å². The van der Waals surface area contributed by atoms with Crippen LogP contribution in [0.4, 0.5) is 4.39 Å². The molecule has 0 amide bonds. The average molecular weight is 371 g/mol. The van der Waals surface area contributed by atoms with E-state index in [1.54, 1.807) is 23.9 Å². The van der Waals surface area contributed by atoms with Crippen molar-refractivity contribution in [2.75, 3.05) is 32.2 Å². The number of piperidine rings is 1. The molecule has 26 heavy (non-hydrogen) atoms. The lowest BCUT2D eigenvalue weighted by Crippen LogP contribution is -2.43. The van der Waals surface area contributed by atoms with Crippen LogP contribution in [0.1, 0.15) is 24.3 Å². The maximum atomic E-state index is 13.4. The fourth-order valence-electron chi connectivity index (χ4n) is 4.70. The number of benzene rings is 2. The largest absolute Gasteiger partial charge is 0.493 e. The molecular formula is C21H22FNO2S. The molecule has 2 aromatic rings. The molecule has 3 atom stereocenters. The molecule has 3 aliphatic heterocycles. The number of fused-ring (bicyclic) bond motifs is 3. The summed E-state index contributed by atoms with van der Waals surface area (Å²) < 4.78 is 25.2. The Hall–Kier alpha value is -1.72. The van der Waals surface area contributed by atoms with Crippen LogP contribution in [0.5, 0.6) is 11.5 Å². The molecule has 2 saturated heterocycles. The van der Waals surface area contributed by atoms with Crippen molar-refractivity contribution in [3.05, 3.63) is 53.8 Å². The van der Waals surface area contributed by atoms with Gasteiger partial charge >= 0.3 is 0 Å². The molecule has 0 aromatic heterocycles. The number of hydrogen-bond acceptors (Lipinski definition) is 4. The highest BCUT2D eigenvalue weighted by molar-refractivity contribution is 7.99. The van der Waals surface area contributed by atoms with Crippen LogP contribution in [0.2, 0.25) is 0 Å². The SMILES string of the molecule is Fc1ccc(C2CCN3CCC2(COc2ccc4c(c2)SCO4)C3)cc1. The van der Waals surface area contributed by atoms with E-state index < -0.39 is 0 Å². The molecule has 136 valence electrons. The van der Waals surface area contributed by atoms with Crippen molar-refractivity contribution in [3.63, 3.8) is 0 Å². The van der Waals surface area contributed by atoms with Crippen LogP contribution in [0.25, 0.3) is 0 Å². The van der Waals surface area contributed by atoms with Gasteiger partial charge in [0, 0.05) is 12.0 Å². The lowest BCUT2D eigenvalue weighted by molar-refractivity contribution is 0.0826. The van der Waals surface area contributed by atoms with Crippen LogP contribution in [-0.2, 0) is 0 Å². The summed E-state index contributed by atoms with van der Waals surface area (Å²) in [5.41, 5.74) is 1.35. The summed E-state index contributed by atoms with van der Waals surface area (Å²) in [7, 11) is 0. The minimum atomic E-state index is -0.166. The molecule has 2 fully saturated rings. The van der Waals surface area contributed by atoms with E-state index in [0.29, 0.717) is 18.5 Å². The van der Waals surface area contributed by atoms with Crippen molar-refractivity contribution in [1.82, 2.24) is 4.90 Å². The monoisotopic (exact) mass is 371 g/mol. The molecule has 2 bridgehead atoms. The molecule has 3 aliphatic rings. The van der Waals surface area contributed by atoms with Crippen molar-refractivity contribution in [2.45, 2.75) is 23.7 Å². The van der Waals surface area contributed by atoms with Gasteiger partial charge in [-0.15, -0.1) is 0 Å². The molecule has 0 saturated carbocycles. The number of ether oxygens (including phenoxy) is 2. The summed E-state index contributed by atoms with van der Waals surface area (Å²) in [6.07, 6.45) is 2.25. The second-order valence-corrected chi connectivity index (χ2v) is 8.55. The number of hydrogen-bond donors (Lipinski definition) is 0. The van der Waals surface area contributed by atoms with Crippen molar-refractivity contribution < 1.29 is 13.9 Å². The summed E-state index contributed by atoms with van der Waals surface area (Å²) >= 11 is 1.71. The Morgan fingerprint density at radius 1 is 1.19 bits per heavy atom. The molecule has 5 rings (SSSR count). The van der Waals surface area contributed by atoms with E-state index in [-0.39, 0.29) is 11.2 Å². The van der Waals surface area contributed by atoms with Crippen LogP contribution in [0, 0.1) is 11.2 Å². The summed E-state index contributed by atoms with van der Waals surface area (Å²) in [6, 6.07) is 13.2. The molecule has 2 aromatic carbocycles. The predicted octanol–water partition coefficient (Wildman–Crippen LogP) is 4.53. The second-order valence-electron chi connectivity index (χ2n) is 7.59. The van der Waals surface area contributed by atoms with Gasteiger partial charge in [0.25, 0.3) is 0 Å². The standard InChI is InChI=1S/C21H22FNO2S/c22-16-3-1-15(2-4-16)18-7-9-23-10-8-21(18,12-23)13-24-17-5-6-19-20(11-17)26-14-25-19/h1-6,11,18H,7-10,12-14H2. The number of thioether (sulfide) groups is 1. The fourth-order valence-corrected chi connectivity index (χ4v) is 5.49. The molecule has 0 spiro atoms. The maximum Gasteiger partial charge on any atom is 0.138 e. The zero-order valence-corrected chi connectivity index (χ0v) is 15.4. The fraction of sp³-hybridized carbons (Fsp3) is 0.429. The van der Waals surface area contributed by atoms with Gasteiger partial charge in [-0.05, 0) is 67.7 Å². The first-order chi connectivity index (χ1) is 12.7. The number of halogens is 1. The molecule has 0 aliphatic carbocycles. The van der Waals surface area contributed by atoms with Crippen LogP contribution in [0.15, 0.2) is 47.4 Å². The van der Waals surface area contributed by atoms with Gasteiger partial charge in [-0.25, -0.2) is 4.39 Å². The van der Waals surface area contributed by atoms with Gasteiger partial charge in [0.1, 0.15) is 23.3 Å². The van der Waals surface area contributed by atoms with Crippen molar-refractivity contribution in [2.24, 2.45) is 5.41 Å². The summed E-state index contributed by atoms with van der Waals surface area (Å²) in [4.78, 5) is 3.70. The number of rotatable bonds is 4. The third-order valence-electron chi connectivity index (χ3n) is 6.08. The minimum absolute atomic E-state index is 0.110. The van der Waals surface area contributed by atoms with E-state index in [4.69, 9.17) is 9.47 Å². The van der Waals surface area contributed by atoms with E-state index in [9.17, 15) is 4.39 Å². The Labute approximate surface area is 157 Å². The van der Waals surface area contributed by atoms with Crippen LogP contribution < -0.4 is 9.47 Å². The van der Waals surface area contributed by atoms with Gasteiger partial charge in [-0.2, -0.15) is 0 Å². The predicted molar refractivity (Wildman–Crippen MR) is 101 cm³/mol. The highest BCUT2D eigenvalue weighted by Gasteiger charge is 2.48. The highest BCUT2D eigenvalue weighted by Crippen LogP contribution is 2.49. The third-order valence-corrected chi connectivity index (χ3v) is 6.95. The van der Waals surface area contributed by atoms with Gasteiger partial charge in [0.15, 0.2) is 0 Å². The van der Waals surface area contributed by atoms with Gasteiger partial charge in [-0.1, -0.05) is 23.9 Å². The molecule has 5 heteroatoms. The third kappa shape index (κ3) is 2.87. The normalized spacial score (nSPS) is 29.3. The maximum absolute atomic E-state index is 13.4. The lowest BCUT2D eigenvalue weighted by atomic mass is 9.69. The quantitative estimate of drug-likeness (QED) is 0.787. The van der Waals surface area contributed by atoms with Crippen molar-refractivity contribution >= 4 is 11.8 Å². The minimum Gasteiger partial charge on any atom is -0.493 e. The summed E-state index contributed by atoms with van der Waals surface area (Å²) in [6.45, 7) is 4.03. The van der Waals surface area contributed by atoms with E-state index >= 15 is 0 Å².